The van der Waals surface area contributed by atoms with Crippen molar-refractivity contribution in [2.45, 2.75) is 32.9 Å². The Labute approximate surface area is 182 Å². The summed E-state index contributed by atoms with van der Waals surface area (Å²) in [6.45, 7) is 6.69. The van der Waals surface area contributed by atoms with Gasteiger partial charge in [0.2, 0.25) is 0 Å². The largest absolute Gasteiger partial charge is 1.00 e. The van der Waals surface area contributed by atoms with Crippen LogP contribution in [-0.4, -0.2) is 6.19 Å². The van der Waals surface area contributed by atoms with Gasteiger partial charge in [0.25, 0.3) is 0 Å². The molecule has 1 aliphatic rings. The second-order valence-corrected chi connectivity index (χ2v) is 12.7. The summed E-state index contributed by atoms with van der Waals surface area (Å²) >= 11 is 2.27. The van der Waals surface area contributed by atoms with Gasteiger partial charge < -0.3 is 24.8 Å². The summed E-state index contributed by atoms with van der Waals surface area (Å²) in [6, 6.07) is 19.3. The Balaban J connectivity index is 0.000000415. The Morgan fingerprint density at radius 2 is 1.42 bits per heavy atom. The molecule has 0 amide bonds. The van der Waals surface area contributed by atoms with Crippen molar-refractivity contribution in [3.05, 3.63) is 78.4 Å². The summed E-state index contributed by atoms with van der Waals surface area (Å²) < 4.78 is 0. The van der Waals surface area contributed by atoms with Gasteiger partial charge in [-0.05, 0) is 0 Å². The SMILES string of the molecule is CCC1=[C-]CC=C1.C[Si](C)=[Ti+2].[Cl-].[Cl-].c1ccc2c(c1)[cH-]c1ccccc12. The van der Waals surface area contributed by atoms with Crippen molar-refractivity contribution < 1.29 is 44.0 Å². The quantitative estimate of drug-likeness (QED) is 0.388. The Hall–Kier alpha value is -0.699. The Morgan fingerprint density at radius 3 is 1.77 bits per heavy atom. The summed E-state index contributed by atoms with van der Waals surface area (Å²) in [5, 5.41) is 5.39. The van der Waals surface area contributed by atoms with Crippen LogP contribution in [0.2, 0.25) is 13.1 Å². The van der Waals surface area contributed by atoms with E-state index in [1.54, 1.807) is 0 Å². The fourth-order valence-electron chi connectivity index (χ4n) is 2.60. The Bertz CT molecular complexity index is 824. The minimum Gasteiger partial charge on any atom is -1.00 e. The van der Waals surface area contributed by atoms with Crippen LogP contribution >= 0.6 is 0 Å². The number of benzene rings is 2. The molecule has 0 bridgehead atoms. The fraction of sp³-hybridized carbons (Fsp3) is 0.227. The first-order valence-corrected chi connectivity index (χ1v) is 13.3. The van der Waals surface area contributed by atoms with Crippen molar-refractivity contribution in [3.8, 4) is 0 Å². The molecule has 0 N–H and O–H groups in total. The monoisotopic (exact) mass is 434 g/mol. The van der Waals surface area contributed by atoms with Crippen molar-refractivity contribution in [2.75, 3.05) is 0 Å². The van der Waals surface area contributed by atoms with Crippen LogP contribution in [0.15, 0.2) is 72.3 Å². The predicted octanol–water partition coefficient (Wildman–Crippen LogP) is 0.590. The third kappa shape index (κ3) is 7.90. The van der Waals surface area contributed by atoms with Crippen molar-refractivity contribution in [2.24, 2.45) is 0 Å². The molecule has 3 aromatic carbocycles. The van der Waals surface area contributed by atoms with Crippen molar-refractivity contribution in [1.29, 1.82) is 0 Å². The average Bonchev–Trinajstić information content (AvgIpc) is 3.22. The molecule has 26 heavy (non-hydrogen) atoms. The topological polar surface area (TPSA) is 0 Å². The van der Waals surface area contributed by atoms with Gasteiger partial charge in [0, 0.05) is 0 Å². The summed E-state index contributed by atoms with van der Waals surface area (Å²) in [5.41, 5.74) is 1.36. The van der Waals surface area contributed by atoms with Crippen LogP contribution in [0.4, 0.5) is 0 Å². The van der Waals surface area contributed by atoms with E-state index in [1.807, 2.05) is 0 Å². The molecule has 0 radical (unpaired) electrons. The Kier molecular flexibility index (Phi) is 13.1. The normalized spacial score (nSPS) is 11.3. The van der Waals surface area contributed by atoms with Crippen LogP contribution in [0, 0.1) is 6.08 Å². The molecule has 3 aromatic rings. The Morgan fingerprint density at radius 1 is 0.962 bits per heavy atom. The zero-order chi connectivity index (χ0) is 17.4. The third-order valence-electron chi connectivity index (χ3n) is 3.67. The molecule has 4 heteroatoms. The molecule has 0 nitrogen and oxygen atoms in total. The van der Waals surface area contributed by atoms with Gasteiger partial charge in [-0.2, -0.15) is 6.08 Å². The maximum Gasteiger partial charge on any atom is -0.0771 e. The molecule has 0 spiro atoms. The van der Waals surface area contributed by atoms with E-state index >= 15 is 0 Å². The standard InChI is InChI=1S/C13H9.C7H9.C2H6Si.2ClH.Ti/c1-3-7-12-10(5-1)9-11-6-2-4-8-13(11)12;1-2-7-5-3-4-6-7;1-3-2;;;/h1-9H;3,5H,2,4H2,1H3;1-2H3;2*1H;/q2*-1;;;;+2/p-2. The zero-order valence-electron chi connectivity index (χ0n) is 15.5. The number of fused-ring (bicyclic) bond motifs is 3. The zero-order valence-corrected chi connectivity index (χ0v) is 19.6. The maximum absolute atomic E-state index is 3.21. The van der Waals surface area contributed by atoms with E-state index in [2.05, 4.69) is 112 Å². The molecule has 4 rings (SSSR count). The minimum atomic E-state index is 0. The first kappa shape index (κ1) is 25.3. The second kappa shape index (κ2) is 13.5. The van der Waals surface area contributed by atoms with Gasteiger partial charge >= 0.3 is 38.5 Å². The van der Waals surface area contributed by atoms with Gasteiger partial charge in [0.1, 0.15) is 0 Å². The molecule has 0 saturated carbocycles. The van der Waals surface area contributed by atoms with E-state index in [0.717, 1.165) is 12.8 Å². The third-order valence-corrected chi connectivity index (χ3v) is 3.67. The first-order valence-electron chi connectivity index (χ1n) is 8.43. The number of hydrogen-bond acceptors (Lipinski definition) is 0. The van der Waals surface area contributed by atoms with Crippen LogP contribution < -0.4 is 24.8 Å². The van der Waals surface area contributed by atoms with Gasteiger partial charge in [-0.3, -0.25) is 6.08 Å². The number of halogens is 2. The summed E-state index contributed by atoms with van der Waals surface area (Å²) in [5.74, 6) is 0. The summed E-state index contributed by atoms with van der Waals surface area (Å²) in [6.07, 6.45) is 9.78. The minimum absolute atomic E-state index is 0. The average molecular weight is 435 g/mol. The summed E-state index contributed by atoms with van der Waals surface area (Å²) in [7, 11) is 0. The fourth-order valence-corrected chi connectivity index (χ4v) is 2.60. The molecule has 0 aliphatic heterocycles. The molecular weight excluding hydrogens is 411 g/mol. The number of hydrogen-bond donors (Lipinski definition) is 0. The van der Waals surface area contributed by atoms with Crippen molar-refractivity contribution in [1.82, 2.24) is 0 Å². The van der Waals surface area contributed by atoms with Crippen LogP contribution in [0.25, 0.3) is 21.5 Å². The van der Waals surface area contributed by atoms with Gasteiger partial charge in [-0.15, -0.1) is 46.2 Å². The first-order chi connectivity index (χ1) is 11.6. The van der Waals surface area contributed by atoms with E-state index in [0.29, 0.717) is 0 Å². The van der Waals surface area contributed by atoms with Crippen LogP contribution in [0.3, 0.4) is 0 Å². The molecule has 0 fully saturated rings. The molecule has 136 valence electrons. The van der Waals surface area contributed by atoms with Crippen molar-refractivity contribution in [3.63, 3.8) is 0 Å². The molecular formula is C22H24Cl2SiTi-2. The van der Waals surface area contributed by atoms with E-state index in [9.17, 15) is 0 Å². The maximum atomic E-state index is 3.21. The number of rotatable bonds is 1. The van der Waals surface area contributed by atoms with Crippen molar-refractivity contribution >= 4 is 27.7 Å². The van der Waals surface area contributed by atoms with Gasteiger partial charge in [0.05, 0.1) is 0 Å². The molecule has 0 saturated heterocycles. The molecule has 0 heterocycles. The van der Waals surface area contributed by atoms with Gasteiger partial charge in [-0.25, -0.2) is 11.6 Å². The molecule has 0 atom stereocenters. The smallest absolute Gasteiger partial charge is 0.0771 e. The van der Waals surface area contributed by atoms with Crippen LogP contribution in [-0.2, 0) is 19.2 Å². The molecule has 1 aliphatic carbocycles. The summed E-state index contributed by atoms with van der Waals surface area (Å²) in [4.78, 5) is 0. The molecule has 0 unspecified atom stereocenters. The van der Waals surface area contributed by atoms with E-state index < -0.39 is 0 Å². The van der Waals surface area contributed by atoms with Crippen LogP contribution in [0.5, 0.6) is 0 Å². The predicted molar refractivity (Wildman–Crippen MR) is 105 cm³/mol. The van der Waals surface area contributed by atoms with Crippen LogP contribution in [0.1, 0.15) is 19.8 Å². The van der Waals surface area contributed by atoms with E-state index in [1.165, 1.54) is 27.1 Å². The second-order valence-electron chi connectivity index (χ2n) is 5.98. The van der Waals surface area contributed by atoms with Gasteiger partial charge in [-0.1, -0.05) is 49.7 Å². The van der Waals surface area contributed by atoms with E-state index in [4.69, 9.17) is 0 Å². The molecule has 0 aromatic heterocycles. The number of allylic oxidation sites excluding steroid dienone is 4. The van der Waals surface area contributed by atoms with E-state index in [-0.39, 0.29) is 31.0 Å². The van der Waals surface area contributed by atoms with Gasteiger partial charge in [0.15, 0.2) is 0 Å².